The van der Waals surface area contributed by atoms with E-state index in [4.69, 9.17) is 0 Å². The summed E-state index contributed by atoms with van der Waals surface area (Å²) in [5, 5.41) is 7.47. The van der Waals surface area contributed by atoms with Crippen molar-refractivity contribution in [3.05, 3.63) is 114 Å². The van der Waals surface area contributed by atoms with E-state index in [2.05, 4.69) is 10.4 Å². The van der Waals surface area contributed by atoms with Gasteiger partial charge in [-0.05, 0) is 41.5 Å². The van der Waals surface area contributed by atoms with Crippen molar-refractivity contribution >= 4 is 17.5 Å². The van der Waals surface area contributed by atoms with Crippen LogP contribution in [0.3, 0.4) is 0 Å². The smallest absolute Gasteiger partial charge is 0.255 e. The molecule has 1 aliphatic rings. The van der Waals surface area contributed by atoms with E-state index < -0.39 is 6.04 Å². The lowest BCUT2D eigenvalue weighted by atomic mass is 10.0. The fraction of sp³-hybridized carbons (Fsp3) is 0.179. The number of carbonyl (C=O) groups excluding carboxylic acids is 2. The molecule has 0 aliphatic carbocycles. The highest BCUT2D eigenvalue weighted by molar-refractivity contribution is 6.04. The van der Waals surface area contributed by atoms with E-state index in [0.29, 0.717) is 12.1 Å². The molecule has 7 heteroatoms. The maximum Gasteiger partial charge on any atom is 0.255 e. The van der Waals surface area contributed by atoms with Crippen LogP contribution in [-0.2, 0) is 17.9 Å². The molecule has 2 amide bonds. The normalized spacial score (nSPS) is 14.6. The molecule has 35 heavy (non-hydrogen) atoms. The zero-order valence-corrected chi connectivity index (χ0v) is 19.8. The van der Waals surface area contributed by atoms with Crippen LogP contribution in [0.4, 0.5) is 5.69 Å². The van der Waals surface area contributed by atoms with Gasteiger partial charge in [0.25, 0.3) is 5.91 Å². The predicted octanol–water partition coefficient (Wildman–Crippen LogP) is 3.95. The molecule has 0 fully saturated rings. The molecule has 1 aliphatic heterocycles. The summed E-state index contributed by atoms with van der Waals surface area (Å²) >= 11 is 0. The van der Waals surface area contributed by atoms with E-state index in [1.54, 1.807) is 21.8 Å². The average molecular weight is 466 g/mol. The number of nitrogens with one attached hydrogen (secondary N) is 1. The third-order valence-electron chi connectivity index (χ3n) is 6.24. The van der Waals surface area contributed by atoms with Crippen molar-refractivity contribution in [1.29, 1.82) is 0 Å². The van der Waals surface area contributed by atoms with Crippen LogP contribution in [0.15, 0.2) is 91.3 Å². The molecule has 0 spiro atoms. The number of anilines is 1. The molecule has 0 radical (unpaired) electrons. The van der Waals surface area contributed by atoms with Crippen molar-refractivity contribution in [3.63, 3.8) is 0 Å². The molecule has 4 aromatic rings. The van der Waals surface area contributed by atoms with Crippen LogP contribution in [0.5, 0.6) is 0 Å². The van der Waals surface area contributed by atoms with Crippen molar-refractivity contribution in [2.45, 2.75) is 19.1 Å². The zero-order chi connectivity index (χ0) is 24.4. The molecule has 1 atom stereocenters. The van der Waals surface area contributed by atoms with Gasteiger partial charge in [-0.2, -0.15) is 5.10 Å². The molecular weight excluding hydrogens is 438 g/mol. The Kier molecular flexibility index (Phi) is 6.06. The second-order valence-electron chi connectivity index (χ2n) is 8.83. The maximum absolute atomic E-state index is 13.4. The summed E-state index contributed by atoms with van der Waals surface area (Å²) in [6.07, 6.45) is 3.64. The lowest BCUT2D eigenvalue weighted by Gasteiger charge is -2.24. The Balaban J connectivity index is 1.35. The van der Waals surface area contributed by atoms with Gasteiger partial charge in [-0.25, -0.2) is 4.68 Å². The third kappa shape index (κ3) is 4.53. The summed E-state index contributed by atoms with van der Waals surface area (Å²) in [6.45, 7) is 0.676. The van der Waals surface area contributed by atoms with Gasteiger partial charge in [0, 0.05) is 43.7 Å². The Hall–Kier alpha value is -4.39. The SMILES string of the molecule is CN(C)c1ccc(CNC(=O)C2c3ccccc3C(=O)N2Cc2cnn(-c3ccccc3)c2)cc1. The number of carbonyl (C=O) groups is 2. The Bertz CT molecular complexity index is 1350. The number of fused-ring (bicyclic) bond motifs is 1. The molecule has 176 valence electrons. The fourth-order valence-corrected chi connectivity index (χ4v) is 4.37. The highest BCUT2D eigenvalue weighted by Gasteiger charge is 2.40. The van der Waals surface area contributed by atoms with Crippen LogP contribution < -0.4 is 10.2 Å². The van der Waals surface area contributed by atoms with Crippen LogP contribution in [0, 0.1) is 0 Å². The minimum absolute atomic E-state index is 0.149. The first-order chi connectivity index (χ1) is 17.0. The van der Waals surface area contributed by atoms with Crippen LogP contribution >= 0.6 is 0 Å². The highest BCUT2D eigenvalue weighted by Crippen LogP contribution is 2.35. The topological polar surface area (TPSA) is 70.5 Å². The van der Waals surface area contributed by atoms with Crippen LogP contribution in [-0.4, -0.2) is 40.6 Å². The van der Waals surface area contributed by atoms with Gasteiger partial charge in [-0.15, -0.1) is 0 Å². The molecule has 0 saturated carbocycles. The summed E-state index contributed by atoms with van der Waals surface area (Å²) in [5.74, 6) is -0.348. The molecule has 0 saturated heterocycles. The predicted molar refractivity (Wildman–Crippen MR) is 135 cm³/mol. The van der Waals surface area contributed by atoms with E-state index in [-0.39, 0.29) is 18.4 Å². The van der Waals surface area contributed by atoms with E-state index in [1.165, 1.54) is 0 Å². The number of hydrogen-bond acceptors (Lipinski definition) is 4. The number of amides is 2. The van der Waals surface area contributed by atoms with Crippen molar-refractivity contribution < 1.29 is 9.59 Å². The molecule has 1 aromatic heterocycles. The summed E-state index contributed by atoms with van der Waals surface area (Å²) < 4.78 is 1.77. The number of para-hydroxylation sites is 1. The molecular formula is C28H27N5O2. The quantitative estimate of drug-likeness (QED) is 0.449. The summed E-state index contributed by atoms with van der Waals surface area (Å²) in [5.41, 5.74) is 5.18. The Morgan fingerprint density at radius 1 is 0.943 bits per heavy atom. The van der Waals surface area contributed by atoms with E-state index in [0.717, 1.165) is 28.1 Å². The number of hydrogen-bond donors (Lipinski definition) is 1. The maximum atomic E-state index is 13.4. The molecule has 2 heterocycles. The number of aromatic nitrogens is 2. The standard InChI is InChI=1S/C28H27N5O2/c1-31(2)22-14-12-20(13-15-22)16-29-27(34)26-24-10-6-7-11-25(24)28(35)32(26)18-21-17-30-33(19-21)23-8-4-3-5-9-23/h3-15,17,19,26H,16,18H2,1-2H3,(H,29,34). The first kappa shape index (κ1) is 22.4. The monoisotopic (exact) mass is 465 g/mol. The van der Waals surface area contributed by atoms with Gasteiger partial charge in [0.15, 0.2) is 0 Å². The molecule has 1 N–H and O–H groups in total. The minimum Gasteiger partial charge on any atom is -0.378 e. The van der Waals surface area contributed by atoms with Crippen molar-refractivity contribution in [3.8, 4) is 5.69 Å². The molecule has 3 aromatic carbocycles. The molecule has 0 bridgehead atoms. The van der Waals surface area contributed by atoms with Crippen LogP contribution in [0.1, 0.15) is 33.1 Å². The van der Waals surface area contributed by atoms with Crippen LogP contribution in [0.25, 0.3) is 5.69 Å². The number of rotatable bonds is 7. The number of benzene rings is 3. The fourth-order valence-electron chi connectivity index (χ4n) is 4.37. The largest absolute Gasteiger partial charge is 0.378 e. The molecule has 1 unspecified atom stereocenters. The Labute approximate surface area is 204 Å². The van der Waals surface area contributed by atoms with Gasteiger partial charge in [0.05, 0.1) is 18.4 Å². The van der Waals surface area contributed by atoms with Gasteiger partial charge >= 0.3 is 0 Å². The first-order valence-corrected chi connectivity index (χ1v) is 11.5. The molecule has 7 nitrogen and oxygen atoms in total. The third-order valence-corrected chi connectivity index (χ3v) is 6.24. The van der Waals surface area contributed by atoms with E-state index in [1.807, 2.05) is 98.0 Å². The van der Waals surface area contributed by atoms with E-state index in [9.17, 15) is 9.59 Å². The lowest BCUT2D eigenvalue weighted by molar-refractivity contribution is -0.125. The lowest BCUT2D eigenvalue weighted by Crippen LogP contribution is -2.38. The van der Waals surface area contributed by atoms with Gasteiger partial charge in [-0.1, -0.05) is 48.5 Å². The summed E-state index contributed by atoms with van der Waals surface area (Å²) in [4.78, 5) is 30.3. The van der Waals surface area contributed by atoms with Crippen molar-refractivity contribution in [2.24, 2.45) is 0 Å². The Morgan fingerprint density at radius 3 is 2.40 bits per heavy atom. The van der Waals surface area contributed by atoms with Gasteiger partial charge in [-0.3, -0.25) is 9.59 Å². The second-order valence-corrected chi connectivity index (χ2v) is 8.83. The summed E-state index contributed by atoms with van der Waals surface area (Å²) in [6, 6.07) is 24.5. The highest BCUT2D eigenvalue weighted by atomic mass is 16.2. The van der Waals surface area contributed by atoms with Crippen molar-refractivity contribution in [1.82, 2.24) is 20.0 Å². The van der Waals surface area contributed by atoms with Gasteiger partial charge in [0.1, 0.15) is 6.04 Å². The Morgan fingerprint density at radius 2 is 1.66 bits per heavy atom. The summed E-state index contributed by atoms with van der Waals surface area (Å²) in [7, 11) is 3.98. The minimum atomic E-state index is -0.695. The van der Waals surface area contributed by atoms with E-state index >= 15 is 0 Å². The first-order valence-electron chi connectivity index (χ1n) is 11.5. The van der Waals surface area contributed by atoms with Gasteiger partial charge < -0.3 is 15.1 Å². The molecule has 5 rings (SSSR count). The van der Waals surface area contributed by atoms with Crippen molar-refractivity contribution in [2.75, 3.05) is 19.0 Å². The number of nitrogens with zero attached hydrogens (tertiary/aromatic N) is 4. The van der Waals surface area contributed by atoms with Gasteiger partial charge in [0.2, 0.25) is 5.91 Å². The zero-order valence-electron chi connectivity index (χ0n) is 19.8. The van der Waals surface area contributed by atoms with Crippen LogP contribution in [0.2, 0.25) is 0 Å². The average Bonchev–Trinajstić information content (AvgIpc) is 3.46. The second kappa shape index (κ2) is 9.46.